The highest BCUT2D eigenvalue weighted by molar-refractivity contribution is 7.17. The zero-order chi connectivity index (χ0) is 11.0. The first-order valence-corrected chi connectivity index (χ1v) is 6.92. The molecule has 1 aromatic carbocycles. The Labute approximate surface area is 100 Å². The molecule has 1 aliphatic rings. The van der Waals surface area contributed by atoms with E-state index in [0.717, 1.165) is 12.5 Å². The smallest absolute Gasteiger partial charge is 0.0345 e. The van der Waals surface area contributed by atoms with Crippen LogP contribution in [-0.2, 0) is 0 Å². The first kappa shape index (κ1) is 10.3. The van der Waals surface area contributed by atoms with Gasteiger partial charge in [-0.05, 0) is 60.7 Å². The van der Waals surface area contributed by atoms with E-state index >= 15 is 0 Å². The quantitative estimate of drug-likeness (QED) is 0.788. The van der Waals surface area contributed by atoms with Crippen molar-refractivity contribution in [3.8, 4) is 0 Å². The molecule has 2 heteroatoms. The van der Waals surface area contributed by atoms with Gasteiger partial charge in [-0.2, -0.15) is 0 Å². The van der Waals surface area contributed by atoms with Crippen LogP contribution in [0, 0.1) is 0 Å². The minimum Gasteiger partial charge on any atom is -0.314 e. The third kappa shape index (κ3) is 1.76. The maximum absolute atomic E-state index is 3.53. The zero-order valence-electron chi connectivity index (χ0n) is 9.57. The molecule has 1 saturated heterocycles. The molecule has 3 rings (SSSR count). The molecule has 0 spiro atoms. The predicted molar refractivity (Wildman–Crippen MR) is 71.3 cm³/mol. The van der Waals surface area contributed by atoms with E-state index in [1.54, 1.807) is 5.56 Å². The fourth-order valence-electron chi connectivity index (χ4n) is 2.79. The monoisotopic (exact) mass is 231 g/mol. The van der Waals surface area contributed by atoms with Crippen LogP contribution in [0.5, 0.6) is 0 Å². The van der Waals surface area contributed by atoms with Gasteiger partial charge in [-0.15, -0.1) is 11.3 Å². The van der Waals surface area contributed by atoms with Crippen LogP contribution in [0.4, 0.5) is 0 Å². The van der Waals surface area contributed by atoms with Crippen LogP contribution in [-0.4, -0.2) is 12.6 Å². The molecule has 0 aliphatic carbocycles. The average Bonchev–Trinajstić information content (AvgIpc) is 2.76. The molecule has 0 amide bonds. The summed E-state index contributed by atoms with van der Waals surface area (Å²) in [7, 11) is 0. The summed E-state index contributed by atoms with van der Waals surface area (Å²) in [6.45, 7) is 3.45. The molecule has 84 valence electrons. The van der Waals surface area contributed by atoms with Crippen LogP contribution >= 0.6 is 11.3 Å². The zero-order valence-corrected chi connectivity index (χ0v) is 10.4. The van der Waals surface area contributed by atoms with E-state index in [0.29, 0.717) is 6.04 Å². The number of benzene rings is 1. The van der Waals surface area contributed by atoms with Crippen molar-refractivity contribution in [2.24, 2.45) is 0 Å². The summed E-state index contributed by atoms with van der Waals surface area (Å²) in [5, 5.41) is 7.21. The van der Waals surface area contributed by atoms with E-state index < -0.39 is 0 Å². The van der Waals surface area contributed by atoms with Gasteiger partial charge < -0.3 is 5.32 Å². The third-order valence-corrected chi connectivity index (χ3v) is 4.48. The van der Waals surface area contributed by atoms with E-state index in [1.807, 2.05) is 11.3 Å². The molecule has 1 nitrogen and oxygen atoms in total. The number of hydrogen-bond acceptors (Lipinski definition) is 2. The van der Waals surface area contributed by atoms with Crippen molar-refractivity contribution in [3.05, 3.63) is 35.2 Å². The van der Waals surface area contributed by atoms with E-state index in [1.165, 1.54) is 22.9 Å². The molecule has 0 radical (unpaired) electrons. The normalized spacial score (nSPS) is 26.1. The van der Waals surface area contributed by atoms with E-state index in [-0.39, 0.29) is 0 Å². The Morgan fingerprint density at radius 2 is 2.25 bits per heavy atom. The van der Waals surface area contributed by atoms with Gasteiger partial charge in [0.15, 0.2) is 0 Å². The van der Waals surface area contributed by atoms with Crippen molar-refractivity contribution in [3.63, 3.8) is 0 Å². The predicted octanol–water partition coefficient (Wildman–Crippen LogP) is 3.76. The lowest BCUT2D eigenvalue weighted by molar-refractivity contribution is 0.382. The fourth-order valence-corrected chi connectivity index (χ4v) is 3.61. The van der Waals surface area contributed by atoms with Crippen LogP contribution in [0.1, 0.15) is 31.2 Å². The molecular formula is C14H17NS. The first-order chi connectivity index (χ1) is 7.84. The topological polar surface area (TPSA) is 12.0 Å². The standard InChI is InChI=1S/C14H17NS/c1-10-9-11(5-7-15-10)12-3-2-4-14-13(12)6-8-16-14/h2-4,6,8,10-11,15H,5,7,9H2,1H3/t10-,11-/m0/s1. The van der Waals surface area contributed by atoms with Crippen molar-refractivity contribution in [1.82, 2.24) is 5.32 Å². The highest BCUT2D eigenvalue weighted by atomic mass is 32.1. The summed E-state index contributed by atoms with van der Waals surface area (Å²) < 4.78 is 1.43. The number of rotatable bonds is 1. The molecule has 0 unspecified atom stereocenters. The van der Waals surface area contributed by atoms with Crippen LogP contribution in [0.2, 0.25) is 0 Å². The van der Waals surface area contributed by atoms with Crippen molar-refractivity contribution < 1.29 is 0 Å². The maximum Gasteiger partial charge on any atom is 0.0345 e. The highest BCUT2D eigenvalue weighted by Crippen LogP contribution is 2.34. The van der Waals surface area contributed by atoms with Crippen molar-refractivity contribution >= 4 is 21.4 Å². The summed E-state index contributed by atoms with van der Waals surface area (Å²) in [6.07, 6.45) is 2.55. The van der Waals surface area contributed by atoms with E-state index in [9.17, 15) is 0 Å². The largest absolute Gasteiger partial charge is 0.314 e. The average molecular weight is 231 g/mol. The molecule has 2 aromatic rings. The van der Waals surface area contributed by atoms with E-state index in [2.05, 4.69) is 41.9 Å². The third-order valence-electron chi connectivity index (χ3n) is 3.59. The molecule has 0 bridgehead atoms. The molecule has 1 fully saturated rings. The Morgan fingerprint density at radius 1 is 1.31 bits per heavy atom. The van der Waals surface area contributed by atoms with Gasteiger partial charge in [0.2, 0.25) is 0 Å². The van der Waals surface area contributed by atoms with Crippen LogP contribution in [0.15, 0.2) is 29.6 Å². The van der Waals surface area contributed by atoms with Crippen molar-refractivity contribution in [2.45, 2.75) is 31.7 Å². The minimum atomic E-state index is 0.660. The van der Waals surface area contributed by atoms with Crippen LogP contribution in [0.3, 0.4) is 0 Å². The van der Waals surface area contributed by atoms with E-state index in [4.69, 9.17) is 0 Å². The second-order valence-corrected chi connectivity index (χ2v) is 5.70. The summed E-state index contributed by atoms with van der Waals surface area (Å²) in [5.41, 5.74) is 1.56. The molecule has 2 heterocycles. The van der Waals surface area contributed by atoms with Gasteiger partial charge in [0.25, 0.3) is 0 Å². The number of piperidine rings is 1. The molecule has 1 aliphatic heterocycles. The maximum atomic E-state index is 3.53. The van der Waals surface area contributed by atoms with Gasteiger partial charge in [0, 0.05) is 10.7 Å². The number of nitrogens with one attached hydrogen (secondary N) is 1. The summed E-state index contributed by atoms with van der Waals surface area (Å²) in [5.74, 6) is 0.745. The Morgan fingerprint density at radius 3 is 3.12 bits per heavy atom. The molecule has 16 heavy (non-hydrogen) atoms. The van der Waals surface area contributed by atoms with Crippen LogP contribution < -0.4 is 5.32 Å². The molecule has 0 saturated carbocycles. The van der Waals surface area contributed by atoms with Gasteiger partial charge in [-0.1, -0.05) is 12.1 Å². The lowest BCUT2D eigenvalue weighted by Gasteiger charge is -2.28. The second kappa shape index (κ2) is 4.19. The molecule has 1 aromatic heterocycles. The summed E-state index contributed by atoms with van der Waals surface area (Å²) >= 11 is 1.85. The SMILES string of the molecule is C[C@H]1C[C@@H](c2cccc3sccc23)CCN1. The van der Waals surface area contributed by atoms with Gasteiger partial charge in [0.1, 0.15) is 0 Å². The Hall–Kier alpha value is -0.860. The van der Waals surface area contributed by atoms with Crippen LogP contribution in [0.25, 0.3) is 10.1 Å². The van der Waals surface area contributed by atoms with Gasteiger partial charge >= 0.3 is 0 Å². The molecule has 1 N–H and O–H groups in total. The lowest BCUT2D eigenvalue weighted by atomic mass is 9.85. The Bertz CT molecular complexity index is 488. The first-order valence-electron chi connectivity index (χ1n) is 6.04. The fraction of sp³-hybridized carbons (Fsp3) is 0.429. The Kier molecular flexibility index (Phi) is 2.70. The summed E-state index contributed by atoms with van der Waals surface area (Å²) in [4.78, 5) is 0. The second-order valence-electron chi connectivity index (χ2n) is 4.76. The van der Waals surface area contributed by atoms with Gasteiger partial charge in [0.05, 0.1) is 0 Å². The highest BCUT2D eigenvalue weighted by Gasteiger charge is 2.21. The minimum absolute atomic E-state index is 0.660. The van der Waals surface area contributed by atoms with Crippen molar-refractivity contribution in [1.29, 1.82) is 0 Å². The number of fused-ring (bicyclic) bond motifs is 1. The lowest BCUT2D eigenvalue weighted by Crippen LogP contribution is -2.34. The van der Waals surface area contributed by atoms with Gasteiger partial charge in [-0.25, -0.2) is 0 Å². The van der Waals surface area contributed by atoms with Crippen molar-refractivity contribution in [2.75, 3.05) is 6.54 Å². The number of hydrogen-bond donors (Lipinski definition) is 1. The molecule has 2 atom stereocenters. The van der Waals surface area contributed by atoms with Gasteiger partial charge in [-0.3, -0.25) is 0 Å². The number of thiophene rings is 1. The Balaban J connectivity index is 2.01. The molecular weight excluding hydrogens is 214 g/mol. The summed E-state index contributed by atoms with van der Waals surface area (Å²) in [6, 6.07) is 9.70.